The Labute approximate surface area is 59.4 Å². The fraction of sp³-hybridized carbons (Fsp3) is 0.125. The van der Waals surface area contributed by atoms with Crippen LogP contribution >= 0.6 is 0 Å². The van der Waals surface area contributed by atoms with Gasteiger partial charge < -0.3 is 4.42 Å². The Hall–Kier alpha value is -1.49. The largest absolute Gasteiger partial charge is 0.472 e. The van der Waals surface area contributed by atoms with Gasteiger partial charge in [-0.25, -0.2) is 0 Å². The van der Waals surface area contributed by atoms with E-state index < -0.39 is 0 Å². The van der Waals surface area contributed by atoms with Gasteiger partial charge in [0, 0.05) is 11.6 Å². The lowest BCUT2D eigenvalue weighted by Crippen LogP contribution is -1.70. The van der Waals surface area contributed by atoms with Gasteiger partial charge in [0.15, 0.2) is 0 Å². The highest BCUT2D eigenvalue weighted by Gasteiger charge is 1.93. The molecule has 0 amide bonds. The number of rotatable bonds is 1. The monoisotopic (exact) mass is 133 g/mol. The second kappa shape index (κ2) is 2.88. The third-order valence-corrected chi connectivity index (χ3v) is 1.26. The predicted molar refractivity (Wildman–Crippen MR) is 38.0 cm³/mol. The zero-order chi connectivity index (χ0) is 7.40. The predicted octanol–water partition coefficient (Wildman–Crippen LogP) is 2.21. The van der Waals surface area contributed by atoms with Crippen molar-refractivity contribution in [2.45, 2.75) is 6.92 Å². The van der Waals surface area contributed by atoms with E-state index in [9.17, 15) is 0 Å². The number of furan rings is 1. The molecular weight excluding hydrogens is 126 g/mol. The molecule has 0 saturated heterocycles. The van der Waals surface area contributed by atoms with Gasteiger partial charge >= 0.3 is 0 Å². The molecule has 0 fully saturated rings. The average Bonchev–Trinajstić information content (AvgIpc) is 2.38. The Morgan fingerprint density at radius 2 is 2.60 bits per heavy atom. The number of nitriles is 1. The SMILES string of the molecule is C/C(=C/C#N)c1ccoc1. The number of nitrogens with zero attached hydrogens (tertiary/aromatic N) is 1. The zero-order valence-electron chi connectivity index (χ0n) is 5.66. The van der Waals surface area contributed by atoms with Gasteiger partial charge in [-0.15, -0.1) is 0 Å². The molecule has 0 radical (unpaired) electrons. The third-order valence-electron chi connectivity index (χ3n) is 1.26. The molecule has 10 heavy (non-hydrogen) atoms. The summed E-state index contributed by atoms with van der Waals surface area (Å²) in [5.74, 6) is 0. The normalized spacial score (nSPS) is 11.0. The molecule has 0 spiro atoms. The lowest BCUT2D eigenvalue weighted by atomic mass is 10.1. The first-order valence-corrected chi connectivity index (χ1v) is 2.93. The van der Waals surface area contributed by atoms with Crippen LogP contribution in [0.15, 0.2) is 29.1 Å². The van der Waals surface area contributed by atoms with Crippen LogP contribution in [-0.2, 0) is 0 Å². The molecule has 0 aliphatic heterocycles. The van der Waals surface area contributed by atoms with Gasteiger partial charge in [-0.05, 0) is 18.6 Å². The number of hydrogen-bond donors (Lipinski definition) is 0. The summed E-state index contributed by atoms with van der Waals surface area (Å²) in [6, 6.07) is 3.77. The molecule has 1 aromatic heterocycles. The van der Waals surface area contributed by atoms with Crippen molar-refractivity contribution in [3.05, 3.63) is 30.2 Å². The molecule has 0 N–H and O–H groups in total. The van der Waals surface area contributed by atoms with Gasteiger partial charge in [-0.1, -0.05) is 0 Å². The maximum absolute atomic E-state index is 8.28. The lowest BCUT2D eigenvalue weighted by Gasteiger charge is -1.88. The van der Waals surface area contributed by atoms with Gasteiger partial charge in [0.1, 0.15) is 0 Å². The first-order chi connectivity index (χ1) is 4.84. The lowest BCUT2D eigenvalue weighted by molar-refractivity contribution is 0.566. The molecule has 1 aromatic rings. The number of hydrogen-bond acceptors (Lipinski definition) is 2. The van der Waals surface area contributed by atoms with Crippen molar-refractivity contribution in [2.75, 3.05) is 0 Å². The molecule has 0 aromatic carbocycles. The van der Waals surface area contributed by atoms with Crippen LogP contribution in [0.25, 0.3) is 5.57 Å². The molecular formula is C8H7NO. The van der Waals surface area contributed by atoms with Crippen molar-refractivity contribution in [3.63, 3.8) is 0 Å². The van der Waals surface area contributed by atoms with Crippen LogP contribution < -0.4 is 0 Å². The van der Waals surface area contributed by atoms with E-state index in [2.05, 4.69) is 0 Å². The van der Waals surface area contributed by atoms with E-state index in [-0.39, 0.29) is 0 Å². The van der Waals surface area contributed by atoms with Crippen molar-refractivity contribution in [2.24, 2.45) is 0 Å². The van der Waals surface area contributed by atoms with Crippen LogP contribution in [0.2, 0.25) is 0 Å². The van der Waals surface area contributed by atoms with Gasteiger partial charge in [0.05, 0.1) is 18.6 Å². The minimum absolute atomic E-state index is 0.927. The first-order valence-electron chi connectivity index (χ1n) is 2.93. The highest BCUT2D eigenvalue weighted by Crippen LogP contribution is 2.12. The maximum atomic E-state index is 8.28. The third kappa shape index (κ3) is 1.26. The molecule has 50 valence electrons. The Morgan fingerprint density at radius 3 is 3.10 bits per heavy atom. The molecule has 0 aliphatic carbocycles. The second-order valence-corrected chi connectivity index (χ2v) is 1.97. The van der Waals surface area contributed by atoms with Gasteiger partial charge in [0.25, 0.3) is 0 Å². The van der Waals surface area contributed by atoms with Gasteiger partial charge in [0.2, 0.25) is 0 Å². The van der Waals surface area contributed by atoms with E-state index in [4.69, 9.17) is 9.68 Å². The molecule has 0 saturated carbocycles. The Kier molecular flexibility index (Phi) is 1.91. The summed E-state index contributed by atoms with van der Waals surface area (Å²) in [4.78, 5) is 0. The maximum Gasteiger partial charge on any atom is 0.0977 e. The summed E-state index contributed by atoms with van der Waals surface area (Å²) in [5, 5.41) is 8.28. The Bertz CT molecular complexity index is 264. The standard InChI is InChI=1S/C8H7NO/c1-7(2-4-9)8-3-5-10-6-8/h2-3,5-6H,1H3/b7-2-. The summed E-state index contributed by atoms with van der Waals surface area (Å²) >= 11 is 0. The van der Waals surface area contributed by atoms with Crippen molar-refractivity contribution >= 4 is 5.57 Å². The molecule has 2 heteroatoms. The Balaban J connectivity index is 2.90. The van der Waals surface area contributed by atoms with Crippen LogP contribution in [0.4, 0.5) is 0 Å². The number of allylic oxidation sites excluding steroid dienone is 2. The van der Waals surface area contributed by atoms with Crippen LogP contribution in [0.1, 0.15) is 12.5 Å². The Morgan fingerprint density at radius 1 is 1.80 bits per heavy atom. The molecule has 2 nitrogen and oxygen atoms in total. The van der Waals surface area contributed by atoms with Crippen LogP contribution in [0.5, 0.6) is 0 Å². The summed E-state index contributed by atoms with van der Waals surface area (Å²) < 4.78 is 4.83. The van der Waals surface area contributed by atoms with E-state index >= 15 is 0 Å². The van der Waals surface area contributed by atoms with Crippen LogP contribution in [-0.4, -0.2) is 0 Å². The molecule has 0 unspecified atom stereocenters. The summed E-state index contributed by atoms with van der Waals surface area (Å²) in [7, 11) is 0. The van der Waals surface area contributed by atoms with E-state index in [1.54, 1.807) is 12.5 Å². The smallest absolute Gasteiger partial charge is 0.0977 e. The zero-order valence-corrected chi connectivity index (χ0v) is 5.66. The molecule has 0 bridgehead atoms. The highest BCUT2D eigenvalue weighted by molar-refractivity contribution is 5.64. The minimum Gasteiger partial charge on any atom is -0.472 e. The summed E-state index contributed by atoms with van der Waals surface area (Å²) in [6.45, 7) is 1.87. The minimum atomic E-state index is 0.927. The van der Waals surface area contributed by atoms with E-state index in [1.165, 1.54) is 6.08 Å². The molecule has 0 aliphatic rings. The van der Waals surface area contributed by atoms with Crippen molar-refractivity contribution < 1.29 is 4.42 Å². The summed E-state index contributed by atoms with van der Waals surface area (Å²) in [6.07, 6.45) is 4.69. The van der Waals surface area contributed by atoms with E-state index in [1.807, 2.05) is 19.1 Å². The topological polar surface area (TPSA) is 36.9 Å². The molecule has 1 heterocycles. The summed E-state index contributed by atoms with van der Waals surface area (Å²) in [5.41, 5.74) is 1.89. The molecule has 0 atom stereocenters. The van der Waals surface area contributed by atoms with Crippen LogP contribution in [0.3, 0.4) is 0 Å². The van der Waals surface area contributed by atoms with E-state index in [0.717, 1.165) is 11.1 Å². The van der Waals surface area contributed by atoms with E-state index in [0.29, 0.717) is 0 Å². The van der Waals surface area contributed by atoms with Gasteiger partial charge in [-0.3, -0.25) is 0 Å². The molecule has 1 rings (SSSR count). The van der Waals surface area contributed by atoms with Crippen LogP contribution in [0, 0.1) is 11.3 Å². The van der Waals surface area contributed by atoms with Gasteiger partial charge in [-0.2, -0.15) is 5.26 Å². The first kappa shape index (κ1) is 6.63. The van der Waals surface area contributed by atoms with Crippen molar-refractivity contribution in [1.82, 2.24) is 0 Å². The fourth-order valence-electron chi connectivity index (χ4n) is 0.669. The highest BCUT2D eigenvalue weighted by atomic mass is 16.3. The van der Waals surface area contributed by atoms with Crippen molar-refractivity contribution in [3.8, 4) is 6.07 Å². The average molecular weight is 133 g/mol. The fourth-order valence-corrected chi connectivity index (χ4v) is 0.669. The second-order valence-electron chi connectivity index (χ2n) is 1.97. The van der Waals surface area contributed by atoms with Crippen molar-refractivity contribution in [1.29, 1.82) is 5.26 Å². The quantitative estimate of drug-likeness (QED) is 0.550.